The van der Waals surface area contributed by atoms with Crippen molar-refractivity contribution in [3.63, 3.8) is 0 Å². The minimum absolute atomic E-state index is 0.255. The quantitative estimate of drug-likeness (QED) is 0.171. The molecule has 156 valence electrons. The fourth-order valence-electron chi connectivity index (χ4n) is 2.58. The lowest BCUT2D eigenvalue weighted by atomic mass is 10.0. The maximum atomic E-state index is 11.2. The molecule has 0 saturated heterocycles. The number of rotatable bonds is 16. The first-order chi connectivity index (χ1) is 12.4. The van der Waals surface area contributed by atoms with Crippen molar-refractivity contribution in [2.45, 2.75) is 104 Å². The Kier molecular flexibility index (Phi) is 23.4. The van der Waals surface area contributed by atoms with E-state index in [9.17, 15) is 4.79 Å². The number of ether oxygens (including phenoxy) is 1. The molecule has 0 spiro atoms. The van der Waals surface area contributed by atoms with Crippen LogP contribution in [0.5, 0.6) is 0 Å². The number of carbonyl (C=O) groups is 1. The molecule has 0 aliphatic carbocycles. The van der Waals surface area contributed by atoms with Crippen molar-refractivity contribution in [3.05, 3.63) is 12.2 Å². The second-order valence-corrected chi connectivity index (χ2v) is 7.85. The molecule has 0 aromatic rings. The zero-order valence-corrected chi connectivity index (χ0v) is 18.6. The summed E-state index contributed by atoms with van der Waals surface area (Å²) in [6, 6.07) is 0. The number of hydrogen-bond acceptors (Lipinski definition) is 3. The van der Waals surface area contributed by atoms with Crippen LogP contribution in [0.1, 0.15) is 104 Å². The zero-order chi connectivity index (χ0) is 20.0. The minimum atomic E-state index is -0.255. The van der Waals surface area contributed by atoms with Gasteiger partial charge in [0.2, 0.25) is 0 Å². The van der Waals surface area contributed by atoms with E-state index >= 15 is 0 Å². The fraction of sp³-hybridized carbons (Fsp3) is 0.870. The van der Waals surface area contributed by atoms with Gasteiger partial charge >= 0.3 is 5.97 Å². The molecule has 0 N–H and O–H groups in total. The molecule has 0 bridgehead atoms. The van der Waals surface area contributed by atoms with Crippen LogP contribution >= 0.6 is 0 Å². The Balaban J connectivity index is 0. The van der Waals surface area contributed by atoms with Crippen molar-refractivity contribution in [1.82, 2.24) is 4.90 Å². The zero-order valence-electron chi connectivity index (χ0n) is 18.6. The van der Waals surface area contributed by atoms with Crippen molar-refractivity contribution in [2.24, 2.45) is 0 Å². The molecule has 0 fully saturated rings. The molecule has 26 heavy (non-hydrogen) atoms. The first-order valence-electron chi connectivity index (χ1n) is 10.8. The van der Waals surface area contributed by atoms with Gasteiger partial charge in [-0.3, -0.25) is 0 Å². The predicted molar refractivity (Wildman–Crippen MR) is 116 cm³/mol. The predicted octanol–water partition coefficient (Wildman–Crippen LogP) is 6.76. The SMILES string of the molecule is C=C(C)C(=O)OCCCCCCCCCCCCCCCC.CN(C)C. The number of unbranched alkanes of at least 4 members (excludes halogenated alkanes) is 13. The van der Waals surface area contributed by atoms with Gasteiger partial charge in [-0.1, -0.05) is 97.0 Å². The minimum Gasteiger partial charge on any atom is -0.462 e. The third-order valence-corrected chi connectivity index (χ3v) is 4.08. The first-order valence-corrected chi connectivity index (χ1v) is 10.8. The van der Waals surface area contributed by atoms with E-state index in [1.54, 1.807) is 6.92 Å². The van der Waals surface area contributed by atoms with Crippen LogP contribution in [-0.4, -0.2) is 38.6 Å². The Hall–Kier alpha value is -0.830. The van der Waals surface area contributed by atoms with E-state index in [1.807, 2.05) is 26.0 Å². The Labute approximate surface area is 164 Å². The molecule has 0 unspecified atom stereocenters. The number of esters is 1. The van der Waals surface area contributed by atoms with Gasteiger partial charge in [-0.2, -0.15) is 0 Å². The lowest BCUT2D eigenvalue weighted by molar-refractivity contribution is -0.139. The normalized spacial score (nSPS) is 10.4. The van der Waals surface area contributed by atoms with Crippen molar-refractivity contribution < 1.29 is 9.53 Å². The molecule has 0 saturated carbocycles. The Morgan fingerprint density at radius 1 is 0.731 bits per heavy atom. The van der Waals surface area contributed by atoms with E-state index in [0.29, 0.717) is 12.2 Å². The summed E-state index contributed by atoms with van der Waals surface area (Å²) in [6.07, 6.45) is 18.8. The van der Waals surface area contributed by atoms with Crippen LogP contribution in [0.3, 0.4) is 0 Å². The third-order valence-electron chi connectivity index (χ3n) is 4.08. The second kappa shape index (κ2) is 22.2. The summed E-state index contributed by atoms with van der Waals surface area (Å²) in [6.45, 7) is 8.07. The molecular weight excluding hydrogens is 322 g/mol. The molecule has 0 rings (SSSR count). The lowest BCUT2D eigenvalue weighted by Crippen LogP contribution is -2.05. The molecule has 0 aliphatic heterocycles. The Bertz CT molecular complexity index is 311. The second-order valence-electron chi connectivity index (χ2n) is 7.85. The van der Waals surface area contributed by atoms with E-state index in [2.05, 4.69) is 13.5 Å². The molecule has 0 atom stereocenters. The molecule has 0 aromatic carbocycles. The Morgan fingerprint density at radius 2 is 1.04 bits per heavy atom. The van der Waals surface area contributed by atoms with Crippen LogP contribution < -0.4 is 0 Å². The summed E-state index contributed by atoms with van der Waals surface area (Å²) < 4.78 is 5.07. The summed E-state index contributed by atoms with van der Waals surface area (Å²) in [7, 11) is 6.00. The van der Waals surface area contributed by atoms with E-state index < -0.39 is 0 Å². The van der Waals surface area contributed by atoms with Crippen LogP contribution in [0.15, 0.2) is 12.2 Å². The van der Waals surface area contributed by atoms with Gasteiger partial charge < -0.3 is 9.64 Å². The largest absolute Gasteiger partial charge is 0.462 e. The van der Waals surface area contributed by atoms with Gasteiger partial charge in [0.05, 0.1) is 6.61 Å². The molecule has 3 heteroatoms. The molecule has 0 amide bonds. The highest BCUT2D eigenvalue weighted by molar-refractivity contribution is 5.86. The van der Waals surface area contributed by atoms with Gasteiger partial charge in [0.15, 0.2) is 0 Å². The van der Waals surface area contributed by atoms with Gasteiger partial charge in [-0.05, 0) is 34.5 Å². The third kappa shape index (κ3) is 28.0. The highest BCUT2D eigenvalue weighted by Crippen LogP contribution is 2.13. The lowest BCUT2D eigenvalue weighted by Gasteiger charge is -2.04. The van der Waals surface area contributed by atoms with Gasteiger partial charge in [0, 0.05) is 5.57 Å². The maximum absolute atomic E-state index is 11.2. The van der Waals surface area contributed by atoms with Crippen LogP contribution in [0, 0.1) is 0 Å². The fourth-order valence-corrected chi connectivity index (χ4v) is 2.58. The highest BCUT2D eigenvalue weighted by atomic mass is 16.5. The summed E-state index contributed by atoms with van der Waals surface area (Å²) in [4.78, 5) is 13.2. The average molecular weight is 370 g/mol. The monoisotopic (exact) mass is 369 g/mol. The van der Waals surface area contributed by atoms with Crippen molar-refractivity contribution in [1.29, 1.82) is 0 Å². The molecule has 0 heterocycles. The molecule has 0 aliphatic rings. The molecule has 0 aromatic heterocycles. The molecule has 0 radical (unpaired) electrons. The van der Waals surface area contributed by atoms with Gasteiger partial charge in [0.25, 0.3) is 0 Å². The molecular formula is C23H47NO2. The van der Waals surface area contributed by atoms with E-state index in [0.717, 1.165) is 6.42 Å². The average Bonchev–Trinajstić information content (AvgIpc) is 2.57. The van der Waals surface area contributed by atoms with E-state index in [-0.39, 0.29) is 5.97 Å². The van der Waals surface area contributed by atoms with E-state index in [4.69, 9.17) is 4.74 Å². The van der Waals surface area contributed by atoms with Crippen molar-refractivity contribution in [2.75, 3.05) is 27.7 Å². The van der Waals surface area contributed by atoms with Gasteiger partial charge in [0.1, 0.15) is 0 Å². The van der Waals surface area contributed by atoms with Crippen LogP contribution in [0.25, 0.3) is 0 Å². The van der Waals surface area contributed by atoms with Crippen LogP contribution in [0.4, 0.5) is 0 Å². The Morgan fingerprint density at radius 3 is 1.35 bits per heavy atom. The number of hydrogen-bond donors (Lipinski definition) is 0. The van der Waals surface area contributed by atoms with Crippen LogP contribution in [-0.2, 0) is 9.53 Å². The highest BCUT2D eigenvalue weighted by Gasteiger charge is 2.01. The summed E-state index contributed by atoms with van der Waals surface area (Å²) in [5.41, 5.74) is 0.491. The van der Waals surface area contributed by atoms with Gasteiger partial charge in [-0.15, -0.1) is 0 Å². The number of carbonyl (C=O) groups excluding carboxylic acids is 1. The first kappa shape index (κ1) is 27.4. The smallest absolute Gasteiger partial charge is 0.333 e. The topological polar surface area (TPSA) is 29.5 Å². The molecule has 3 nitrogen and oxygen atoms in total. The van der Waals surface area contributed by atoms with Gasteiger partial charge in [-0.25, -0.2) is 4.79 Å². The summed E-state index contributed by atoms with van der Waals surface area (Å²) in [5, 5.41) is 0. The summed E-state index contributed by atoms with van der Waals surface area (Å²) >= 11 is 0. The summed E-state index contributed by atoms with van der Waals surface area (Å²) in [5.74, 6) is -0.255. The van der Waals surface area contributed by atoms with Crippen molar-refractivity contribution in [3.8, 4) is 0 Å². The number of nitrogens with zero attached hydrogens (tertiary/aromatic N) is 1. The maximum Gasteiger partial charge on any atom is 0.333 e. The van der Waals surface area contributed by atoms with E-state index in [1.165, 1.54) is 83.5 Å². The standard InChI is InChI=1S/C20H38O2.C3H9N/c1-4-5-6-7-8-9-10-11-12-13-14-15-16-17-18-22-20(21)19(2)3;1-4(2)3/h2,4-18H2,1,3H3;1-3H3. The van der Waals surface area contributed by atoms with Crippen molar-refractivity contribution >= 4 is 5.97 Å². The van der Waals surface area contributed by atoms with Crippen LogP contribution in [0.2, 0.25) is 0 Å².